The van der Waals surface area contributed by atoms with E-state index < -0.39 is 0 Å². The van der Waals surface area contributed by atoms with Crippen molar-refractivity contribution in [1.82, 2.24) is 4.98 Å². The zero-order valence-electron chi connectivity index (χ0n) is 45.8. The average molecular weight is 1060 g/mol. The number of hydrogen-bond donors (Lipinski definition) is 2. The summed E-state index contributed by atoms with van der Waals surface area (Å²) in [4.78, 5) is 3.38. The minimum atomic E-state index is 0. The molecule has 15 rings (SSSR count). The predicted molar refractivity (Wildman–Crippen MR) is 344 cm³/mol. The molecule has 15 aromatic rings. The fraction of sp³-hybridized carbons (Fsp3) is 0.0789. The summed E-state index contributed by atoms with van der Waals surface area (Å²) in [5.41, 5.74) is 13.6. The van der Waals surface area contributed by atoms with Crippen molar-refractivity contribution in [2.24, 2.45) is 0 Å². The van der Waals surface area contributed by atoms with Crippen molar-refractivity contribution in [1.29, 1.82) is 0 Å². The molecule has 3 heteroatoms. The van der Waals surface area contributed by atoms with Crippen LogP contribution in [0.4, 0.5) is 0 Å². The molecule has 0 saturated carbocycles. The van der Waals surface area contributed by atoms with E-state index in [0.717, 1.165) is 22.5 Å². The number of nitrogens with one attached hydrogen (secondary N) is 1. The Kier molecular flexibility index (Phi) is 15.8. The quantitative estimate of drug-likeness (QED) is 0.0412. The van der Waals surface area contributed by atoms with E-state index in [1.165, 1.54) is 142 Å². The van der Waals surface area contributed by atoms with Crippen LogP contribution in [0.1, 0.15) is 37.5 Å². The number of aryl methyl sites for hydroxylation is 2. The third-order valence-corrected chi connectivity index (χ3v) is 15.8. The maximum absolute atomic E-state index is 5.81. The van der Waals surface area contributed by atoms with E-state index in [1.54, 1.807) is 0 Å². The zero-order chi connectivity index (χ0) is 53.4. The maximum atomic E-state index is 5.81. The molecular weight excluding hydrogens is 998 g/mol. The molecule has 0 aliphatic rings. The molecule has 0 spiro atoms. The van der Waals surface area contributed by atoms with E-state index in [2.05, 4.69) is 268 Å². The van der Waals surface area contributed by atoms with Crippen LogP contribution in [-0.2, 0) is 6.42 Å². The van der Waals surface area contributed by atoms with Crippen LogP contribution < -0.4 is 51.4 Å². The molecule has 0 atom stereocenters. The van der Waals surface area contributed by atoms with Crippen LogP contribution in [-0.4, -0.2) is 4.98 Å². The fourth-order valence-corrected chi connectivity index (χ4v) is 12.3. The van der Waals surface area contributed by atoms with E-state index in [4.69, 9.17) is 6.58 Å². The largest absolute Gasteiger partial charge is 1.00 e. The fourth-order valence-electron chi connectivity index (χ4n) is 12.0. The van der Waals surface area contributed by atoms with Crippen LogP contribution >= 0.6 is 12.6 Å². The normalized spacial score (nSPS) is 11.4. The Hall–Kier alpha value is -7.31. The van der Waals surface area contributed by atoms with Gasteiger partial charge in [0.1, 0.15) is 0 Å². The summed E-state index contributed by atoms with van der Waals surface area (Å²) in [6, 6.07) is 83.6. The van der Waals surface area contributed by atoms with Gasteiger partial charge < -0.3 is 4.98 Å². The van der Waals surface area contributed by atoms with Gasteiger partial charge in [0.25, 0.3) is 0 Å². The average Bonchev–Trinajstić information content (AvgIpc) is 4.02. The molecule has 0 fully saturated rings. The Labute approximate surface area is 511 Å². The second-order valence-corrected chi connectivity index (χ2v) is 20.8. The molecule has 0 aliphatic heterocycles. The van der Waals surface area contributed by atoms with Crippen LogP contribution in [0, 0.1) is 20.4 Å². The summed E-state index contributed by atoms with van der Waals surface area (Å²) in [6.07, 6.45) is 5.02. The molecule has 1 N–H and O–H groups in total. The summed E-state index contributed by atoms with van der Waals surface area (Å²) in [5, 5.41) is 23.4. The second kappa shape index (κ2) is 23.2. The monoisotopic (exact) mass is 1060 g/mol. The first kappa shape index (κ1) is 53.7. The van der Waals surface area contributed by atoms with Crippen molar-refractivity contribution in [3.8, 4) is 33.4 Å². The van der Waals surface area contributed by atoms with E-state index in [9.17, 15) is 0 Å². The predicted octanol–water partition coefficient (Wildman–Crippen LogP) is 19.1. The molecule has 1 aromatic heterocycles. The number of aromatic nitrogens is 1. The topological polar surface area (TPSA) is 15.8 Å². The maximum Gasteiger partial charge on any atom is 1.00 e. The summed E-state index contributed by atoms with van der Waals surface area (Å²) in [5.74, 6) is 0. The van der Waals surface area contributed by atoms with Crippen LogP contribution in [0.15, 0.2) is 253 Å². The molecule has 0 aliphatic carbocycles. The second-order valence-electron chi connectivity index (χ2n) is 20.3. The number of rotatable bonds is 6. The van der Waals surface area contributed by atoms with Crippen molar-refractivity contribution in [3.05, 3.63) is 272 Å². The van der Waals surface area contributed by atoms with Crippen molar-refractivity contribution < 1.29 is 51.4 Å². The summed E-state index contributed by atoms with van der Waals surface area (Å²) in [6.45, 7) is 16.0. The summed E-state index contributed by atoms with van der Waals surface area (Å²) >= 11 is 4.59. The summed E-state index contributed by atoms with van der Waals surface area (Å²) in [7, 11) is 0. The first-order chi connectivity index (χ1) is 38.3. The Bertz CT molecular complexity index is 4590. The molecule has 79 heavy (non-hydrogen) atoms. The van der Waals surface area contributed by atoms with Crippen molar-refractivity contribution in [2.45, 2.75) is 46.1 Å². The molecule has 1 nitrogen and oxygen atoms in total. The van der Waals surface area contributed by atoms with Gasteiger partial charge in [0.15, 0.2) is 0 Å². The smallest absolute Gasteiger partial charge is 0.349 e. The van der Waals surface area contributed by atoms with Crippen LogP contribution in [0.2, 0.25) is 0 Å². The van der Waals surface area contributed by atoms with Gasteiger partial charge in [0.05, 0.1) is 5.03 Å². The molecule has 1 heterocycles. The summed E-state index contributed by atoms with van der Waals surface area (Å²) < 4.78 is 0. The molecule has 376 valence electrons. The van der Waals surface area contributed by atoms with Gasteiger partial charge in [-0.15, -0.1) is 12.6 Å². The number of fused-ring (bicyclic) bond motifs is 4. The molecule has 0 bridgehead atoms. The first-order valence-corrected chi connectivity index (χ1v) is 27.7. The van der Waals surface area contributed by atoms with Gasteiger partial charge >= 0.3 is 51.4 Å². The van der Waals surface area contributed by atoms with Crippen LogP contribution in [0.5, 0.6) is 0 Å². The molecule has 0 radical (unpaired) electrons. The van der Waals surface area contributed by atoms with Crippen molar-refractivity contribution >= 4 is 110 Å². The molecule has 14 aromatic carbocycles. The molecule has 0 unspecified atom stereocenters. The van der Waals surface area contributed by atoms with Gasteiger partial charge in [0.2, 0.25) is 0 Å². The Morgan fingerprint density at radius 2 is 0.848 bits per heavy atom. The van der Waals surface area contributed by atoms with E-state index in [0.29, 0.717) is 0 Å². The minimum absolute atomic E-state index is 0. The number of benzene rings is 14. The van der Waals surface area contributed by atoms with E-state index in [1.807, 2.05) is 26.8 Å². The third-order valence-electron chi connectivity index (χ3n) is 15.5. The standard InChI is InChI=1S/C27H18.C26H21.C21H15NS.C2H6.K/c1-17-11-13-18(14-12-17)20-15-16-25-23-8-3-6-19-5-2-7-22(26(19)23)24-10-4-9-21(20)27(24)25;1-19(2)11-10-18-21-22-14-6-8-16-24(22)26(20-12-4-3-5-13-20)25-17-9-7-15-23(21)25;1-12-2-4-13(5-3-12)15-8-6-14-7-9-17-20-18(22-21(17)23)11-10-16(15)19(14)20;1-2;/h2-16H,1H3;1,3-17H,18H2,2H3;2-11,22-23H,1H3;1-2H3;/q;-1;;;+1/b;11-10-;;;. The number of allylic oxidation sites excluding steroid dienone is 3. The van der Waals surface area contributed by atoms with Gasteiger partial charge in [0, 0.05) is 16.3 Å². The van der Waals surface area contributed by atoms with Gasteiger partial charge in [-0.2, -0.15) is 6.08 Å². The van der Waals surface area contributed by atoms with E-state index >= 15 is 0 Å². The Balaban J connectivity index is 0.000000123. The first-order valence-electron chi connectivity index (χ1n) is 27.2. The van der Waals surface area contributed by atoms with Gasteiger partial charge in [-0.3, -0.25) is 6.58 Å². The Morgan fingerprint density at radius 1 is 0.405 bits per heavy atom. The van der Waals surface area contributed by atoms with Crippen LogP contribution in [0.25, 0.3) is 130 Å². The third kappa shape index (κ3) is 9.99. The van der Waals surface area contributed by atoms with Gasteiger partial charge in [-0.05, 0) is 146 Å². The number of H-pyrrole nitrogens is 1. The van der Waals surface area contributed by atoms with E-state index in [-0.39, 0.29) is 51.4 Å². The number of thiol groups is 1. The van der Waals surface area contributed by atoms with Crippen molar-refractivity contribution in [3.63, 3.8) is 0 Å². The number of aromatic amines is 1. The molecular formula is C76H60KNS. The van der Waals surface area contributed by atoms with Gasteiger partial charge in [-0.25, -0.2) is 11.6 Å². The SMILES string of the molecule is CC.Cc1ccc(-c2ccc3c4cccc5cccc(c6cccc2c63)c54)cc1.Cc1ccc(-c2ccc3ccc4c(S)[nH]c5ccc2c3c54)cc1.[CH-]=C(C)/C=C\Cc1c2ccccc2c(-c2ccccc2)c2ccccc12.[K+]. The van der Waals surface area contributed by atoms with Crippen LogP contribution in [0.3, 0.4) is 0 Å². The van der Waals surface area contributed by atoms with Gasteiger partial charge in [-0.1, -0.05) is 256 Å². The molecule has 0 amide bonds. The molecule has 0 saturated heterocycles. The number of hydrogen-bond acceptors (Lipinski definition) is 1. The minimum Gasteiger partial charge on any atom is -0.349 e. The van der Waals surface area contributed by atoms with Crippen molar-refractivity contribution in [2.75, 3.05) is 0 Å². The Morgan fingerprint density at radius 3 is 1.44 bits per heavy atom. The zero-order valence-corrected chi connectivity index (χ0v) is 49.8.